The van der Waals surface area contributed by atoms with Gasteiger partial charge in [0.25, 0.3) is 0 Å². The van der Waals surface area contributed by atoms with Gasteiger partial charge in [0.2, 0.25) is 5.78 Å². The smallest absolute Gasteiger partial charge is 0.336 e. The number of ether oxygens (including phenoxy) is 2. The molecule has 0 spiro atoms. The van der Waals surface area contributed by atoms with Crippen LogP contribution in [0.5, 0.6) is 11.5 Å². The van der Waals surface area contributed by atoms with Crippen molar-refractivity contribution in [3.05, 3.63) is 73.7 Å². The second-order valence-electron chi connectivity index (χ2n) is 5.90. The number of rotatable bonds is 2. The number of fused-ring (bicyclic) bond motifs is 3. The van der Waals surface area contributed by atoms with Crippen LogP contribution in [0.15, 0.2) is 55.8 Å². The molecule has 1 aromatic heterocycles. The number of carbonyl (C=O) groups excluding carboxylic acids is 1. The molecule has 2 heterocycles. The molecule has 2 aromatic carbocycles. The van der Waals surface area contributed by atoms with Crippen molar-refractivity contribution < 1.29 is 18.7 Å². The highest BCUT2D eigenvalue weighted by molar-refractivity contribution is 9.10. The van der Waals surface area contributed by atoms with Gasteiger partial charge in [-0.2, -0.15) is 0 Å². The molecule has 0 bridgehead atoms. The van der Waals surface area contributed by atoms with E-state index in [0.717, 1.165) is 15.6 Å². The molecular formula is C20H13BrO5. The van der Waals surface area contributed by atoms with Gasteiger partial charge in [-0.3, -0.25) is 4.79 Å². The van der Waals surface area contributed by atoms with E-state index in [9.17, 15) is 9.59 Å². The zero-order chi connectivity index (χ0) is 18.4. The van der Waals surface area contributed by atoms with Gasteiger partial charge < -0.3 is 13.9 Å². The van der Waals surface area contributed by atoms with Gasteiger partial charge in [0.1, 0.15) is 17.1 Å². The highest BCUT2D eigenvalue weighted by Crippen LogP contribution is 2.38. The van der Waals surface area contributed by atoms with Crippen LogP contribution in [0.2, 0.25) is 0 Å². The Morgan fingerprint density at radius 2 is 1.92 bits per heavy atom. The van der Waals surface area contributed by atoms with E-state index < -0.39 is 5.63 Å². The fourth-order valence-electron chi connectivity index (χ4n) is 2.97. The summed E-state index contributed by atoms with van der Waals surface area (Å²) in [6.45, 7) is 1.80. The first-order valence-corrected chi connectivity index (χ1v) is 8.62. The number of hydrogen-bond donors (Lipinski definition) is 0. The molecule has 0 saturated carbocycles. The lowest BCUT2D eigenvalue weighted by molar-refractivity contribution is 0.101. The second-order valence-corrected chi connectivity index (χ2v) is 6.75. The molecule has 1 aliphatic heterocycles. The van der Waals surface area contributed by atoms with Gasteiger partial charge in [0, 0.05) is 11.5 Å². The van der Waals surface area contributed by atoms with Gasteiger partial charge in [-0.05, 0) is 64.3 Å². The van der Waals surface area contributed by atoms with Gasteiger partial charge in [-0.1, -0.05) is 6.07 Å². The van der Waals surface area contributed by atoms with E-state index in [1.807, 2.05) is 12.1 Å². The summed E-state index contributed by atoms with van der Waals surface area (Å²) in [5.41, 5.74) is 1.57. The summed E-state index contributed by atoms with van der Waals surface area (Å²) in [5.74, 6) is 0.937. The molecule has 0 radical (unpaired) electrons. The molecule has 5 nitrogen and oxygen atoms in total. The summed E-state index contributed by atoms with van der Waals surface area (Å²) in [6, 6.07) is 10.3. The molecule has 3 aromatic rings. The van der Waals surface area contributed by atoms with E-state index in [4.69, 9.17) is 13.9 Å². The van der Waals surface area contributed by atoms with Crippen LogP contribution in [0, 0.1) is 6.92 Å². The Morgan fingerprint density at radius 3 is 2.65 bits per heavy atom. The van der Waals surface area contributed by atoms with Crippen molar-refractivity contribution >= 4 is 38.8 Å². The van der Waals surface area contributed by atoms with Crippen LogP contribution in [0.1, 0.15) is 21.5 Å². The van der Waals surface area contributed by atoms with Crippen LogP contribution in [-0.2, 0) is 0 Å². The van der Waals surface area contributed by atoms with E-state index in [2.05, 4.69) is 15.9 Å². The number of hydrogen-bond acceptors (Lipinski definition) is 5. The van der Waals surface area contributed by atoms with E-state index in [1.54, 1.807) is 38.3 Å². The summed E-state index contributed by atoms with van der Waals surface area (Å²) < 4.78 is 17.0. The fourth-order valence-corrected chi connectivity index (χ4v) is 3.53. The molecule has 26 heavy (non-hydrogen) atoms. The molecule has 0 aliphatic carbocycles. The third-order valence-electron chi connectivity index (χ3n) is 4.23. The summed E-state index contributed by atoms with van der Waals surface area (Å²) in [6.07, 6.45) is 1.65. The molecule has 6 heteroatoms. The number of ketones is 1. The summed E-state index contributed by atoms with van der Waals surface area (Å²) in [7, 11) is 1.58. The van der Waals surface area contributed by atoms with Crippen molar-refractivity contribution in [3.8, 4) is 11.5 Å². The normalized spacial score (nSPS) is 14.6. The van der Waals surface area contributed by atoms with Crippen LogP contribution >= 0.6 is 15.9 Å². The third kappa shape index (κ3) is 2.63. The van der Waals surface area contributed by atoms with Crippen molar-refractivity contribution in [3.63, 3.8) is 0 Å². The minimum atomic E-state index is -0.493. The third-order valence-corrected chi connectivity index (χ3v) is 4.85. The SMILES string of the molecule is COc1ccc(C=C2Oc3ccc4c(C)cc(=O)oc4c3C2=O)cc1Br. The minimum absolute atomic E-state index is 0.175. The summed E-state index contributed by atoms with van der Waals surface area (Å²) >= 11 is 3.42. The predicted octanol–water partition coefficient (Wildman–Crippen LogP) is 4.49. The lowest BCUT2D eigenvalue weighted by atomic mass is 10.0. The Labute approximate surface area is 157 Å². The number of halogens is 1. The van der Waals surface area contributed by atoms with Crippen molar-refractivity contribution in [2.45, 2.75) is 6.92 Å². The maximum atomic E-state index is 12.9. The van der Waals surface area contributed by atoms with Crippen molar-refractivity contribution in [2.24, 2.45) is 0 Å². The summed E-state index contributed by atoms with van der Waals surface area (Å²) in [5, 5.41) is 0.716. The highest BCUT2D eigenvalue weighted by Gasteiger charge is 2.31. The first-order chi connectivity index (χ1) is 12.5. The van der Waals surface area contributed by atoms with Gasteiger partial charge in [-0.15, -0.1) is 0 Å². The summed E-state index contributed by atoms with van der Waals surface area (Å²) in [4.78, 5) is 24.6. The highest BCUT2D eigenvalue weighted by atomic mass is 79.9. The number of aryl methyl sites for hydroxylation is 1. The zero-order valence-corrected chi connectivity index (χ0v) is 15.5. The first kappa shape index (κ1) is 16.6. The van der Waals surface area contributed by atoms with Crippen molar-refractivity contribution in [2.75, 3.05) is 7.11 Å². The zero-order valence-electron chi connectivity index (χ0n) is 14.0. The average Bonchev–Trinajstić information content (AvgIpc) is 2.91. The van der Waals surface area contributed by atoms with Crippen LogP contribution in [-0.4, -0.2) is 12.9 Å². The molecule has 4 rings (SSSR count). The molecule has 0 amide bonds. The molecular weight excluding hydrogens is 400 g/mol. The largest absolute Gasteiger partial charge is 0.496 e. The van der Waals surface area contributed by atoms with E-state index in [-0.39, 0.29) is 22.7 Å². The molecule has 0 atom stereocenters. The molecule has 0 fully saturated rings. The first-order valence-electron chi connectivity index (χ1n) is 7.83. The molecule has 0 unspecified atom stereocenters. The lowest BCUT2D eigenvalue weighted by Gasteiger charge is -2.04. The van der Waals surface area contributed by atoms with Gasteiger partial charge in [0.05, 0.1) is 11.6 Å². The molecule has 1 aliphatic rings. The quantitative estimate of drug-likeness (QED) is 0.458. The number of carbonyl (C=O) groups is 1. The van der Waals surface area contributed by atoms with E-state index in [1.165, 1.54) is 6.07 Å². The fraction of sp³-hybridized carbons (Fsp3) is 0.100. The predicted molar refractivity (Wildman–Crippen MR) is 101 cm³/mol. The Morgan fingerprint density at radius 1 is 1.12 bits per heavy atom. The van der Waals surface area contributed by atoms with E-state index in [0.29, 0.717) is 16.9 Å². The lowest BCUT2D eigenvalue weighted by Crippen LogP contribution is -2.02. The van der Waals surface area contributed by atoms with Crippen LogP contribution in [0.25, 0.3) is 17.0 Å². The number of methoxy groups -OCH3 is 1. The van der Waals surface area contributed by atoms with Crippen LogP contribution in [0.4, 0.5) is 0 Å². The maximum absolute atomic E-state index is 12.9. The number of Topliss-reactive ketones (excluding diaryl/α,β-unsaturated/α-hetero) is 1. The monoisotopic (exact) mass is 412 g/mol. The molecule has 130 valence electrons. The standard InChI is InChI=1S/C20H13BrO5/c1-10-7-17(22)26-20-12(10)4-6-15-18(20)19(23)16(25-15)9-11-3-5-14(24-2)13(21)8-11/h3-9H,1-2H3. The van der Waals surface area contributed by atoms with Crippen LogP contribution < -0.4 is 15.1 Å². The second kappa shape index (κ2) is 6.14. The average molecular weight is 413 g/mol. The van der Waals surface area contributed by atoms with E-state index >= 15 is 0 Å². The molecule has 0 saturated heterocycles. The Bertz CT molecular complexity index is 1160. The number of benzene rings is 2. The van der Waals surface area contributed by atoms with Gasteiger partial charge in [-0.25, -0.2) is 4.79 Å². The van der Waals surface area contributed by atoms with Gasteiger partial charge in [0.15, 0.2) is 11.3 Å². The number of allylic oxidation sites excluding steroid dienone is 1. The van der Waals surface area contributed by atoms with Gasteiger partial charge >= 0.3 is 5.63 Å². The molecule has 0 N–H and O–H groups in total. The Kier molecular flexibility index (Phi) is 3.92. The van der Waals surface area contributed by atoms with Crippen LogP contribution in [0.3, 0.4) is 0 Å². The maximum Gasteiger partial charge on any atom is 0.336 e. The topological polar surface area (TPSA) is 65.7 Å². The van der Waals surface area contributed by atoms with Crippen molar-refractivity contribution in [1.82, 2.24) is 0 Å². The van der Waals surface area contributed by atoms with Crippen molar-refractivity contribution in [1.29, 1.82) is 0 Å². The Hall–Kier alpha value is -2.86. The Balaban J connectivity index is 1.83. The minimum Gasteiger partial charge on any atom is -0.496 e.